The Bertz CT molecular complexity index is 1410. The molecule has 0 aromatic rings. The molecule has 0 radical (unpaired) electrons. The van der Waals surface area contributed by atoms with E-state index in [1.807, 2.05) is 47.6 Å². The molecule has 3 heterocycles. The van der Waals surface area contributed by atoms with Crippen molar-refractivity contribution in [2.75, 3.05) is 6.54 Å². The van der Waals surface area contributed by atoms with E-state index in [1.165, 1.54) is 4.90 Å². The van der Waals surface area contributed by atoms with Gasteiger partial charge in [0, 0.05) is 30.7 Å². The summed E-state index contributed by atoms with van der Waals surface area (Å²) in [6.07, 6.45) is 4.67. The van der Waals surface area contributed by atoms with Gasteiger partial charge in [0.25, 0.3) is 11.7 Å². The van der Waals surface area contributed by atoms with Crippen molar-refractivity contribution in [1.82, 2.24) is 4.90 Å². The van der Waals surface area contributed by atoms with Crippen molar-refractivity contribution < 1.29 is 49.1 Å². The lowest BCUT2D eigenvalue weighted by Gasteiger charge is -2.46. The number of ether oxygens (including phenoxy) is 2. The van der Waals surface area contributed by atoms with Crippen LogP contribution in [-0.4, -0.2) is 97.7 Å². The lowest BCUT2D eigenvalue weighted by Crippen LogP contribution is -2.62. The van der Waals surface area contributed by atoms with Crippen LogP contribution < -0.4 is 0 Å². The molecule has 0 spiro atoms. The first-order valence-corrected chi connectivity index (χ1v) is 20.7. The highest BCUT2D eigenvalue weighted by Crippen LogP contribution is 2.42. The molecule has 54 heavy (non-hydrogen) atoms. The number of ketones is 2. The molecule has 1 amide bonds. The molecule has 2 saturated heterocycles. The van der Waals surface area contributed by atoms with Gasteiger partial charge in [-0.05, 0) is 112 Å². The van der Waals surface area contributed by atoms with Crippen molar-refractivity contribution in [1.29, 1.82) is 0 Å². The van der Waals surface area contributed by atoms with Gasteiger partial charge in [0.1, 0.15) is 17.9 Å². The first-order valence-electron chi connectivity index (χ1n) is 20.7. The molecule has 4 rings (SSSR count). The normalized spacial score (nSPS) is 44.1. The number of cyclic esters (lactones) is 1. The second kappa shape index (κ2) is 18.7. The van der Waals surface area contributed by atoms with Crippen LogP contribution in [0.2, 0.25) is 0 Å². The molecule has 4 aliphatic rings. The number of fused-ring (bicyclic) bond motifs is 3. The number of carbonyl (C=O) groups excluding carboxylic acids is 4. The van der Waals surface area contributed by atoms with Gasteiger partial charge in [-0.2, -0.15) is 0 Å². The smallest absolute Gasteiger partial charge is 0.329 e. The zero-order chi connectivity index (χ0) is 40.2. The van der Waals surface area contributed by atoms with Crippen LogP contribution in [0.25, 0.3) is 0 Å². The minimum Gasteiger partial charge on any atom is -0.456 e. The zero-order valence-corrected chi connectivity index (χ0v) is 34.2. The van der Waals surface area contributed by atoms with Gasteiger partial charge in [-0.1, -0.05) is 60.6 Å². The van der Waals surface area contributed by atoms with Crippen LogP contribution in [0.1, 0.15) is 127 Å². The lowest BCUT2D eigenvalue weighted by molar-refractivity contribution is -0.282. The van der Waals surface area contributed by atoms with E-state index in [-0.39, 0.29) is 60.9 Å². The maximum atomic E-state index is 14.2. The molecule has 0 aromatic carbocycles. The van der Waals surface area contributed by atoms with E-state index in [2.05, 4.69) is 0 Å². The number of hydrogen-bond donors (Lipinski definition) is 4. The van der Waals surface area contributed by atoms with Crippen molar-refractivity contribution in [3.63, 3.8) is 0 Å². The summed E-state index contributed by atoms with van der Waals surface area (Å²) in [6, 6.07) is -1.09. The molecular weight excluding hydrogens is 690 g/mol. The van der Waals surface area contributed by atoms with E-state index in [0.717, 1.165) is 12.8 Å². The fraction of sp³-hybridized carbons (Fsp3) is 0.814. The van der Waals surface area contributed by atoms with E-state index in [4.69, 9.17) is 9.47 Å². The molecule has 3 fully saturated rings. The largest absolute Gasteiger partial charge is 0.456 e. The van der Waals surface area contributed by atoms with Crippen LogP contribution in [0.15, 0.2) is 23.3 Å². The van der Waals surface area contributed by atoms with Crippen LogP contribution in [0.4, 0.5) is 0 Å². The highest BCUT2D eigenvalue weighted by Gasteiger charge is 2.55. The van der Waals surface area contributed by atoms with E-state index in [1.54, 1.807) is 26.8 Å². The second-order valence-corrected chi connectivity index (χ2v) is 17.8. The lowest BCUT2D eigenvalue weighted by atomic mass is 9.75. The van der Waals surface area contributed by atoms with Crippen molar-refractivity contribution >= 4 is 23.4 Å². The third-order valence-corrected chi connectivity index (χ3v) is 13.3. The minimum absolute atomic E-state index is 0.0518. The number of aliphatic hydroxyl groups excluding tert-OH is 3. The summed E-state index contributed by atoms with van der Waals surface area (Å²) >= 11 is 0. The third-order valence-electron chi connectivity index (χ3n) is 13.3. The van der Waals surface area contributed by atoms with Gasteiger partial charge in [0.05, 0.1) is 24.4 Å². The first kappa shape index (κ1) is 44.3. The number of aliphatic hydroxyl groups is 4. The summed E-state index contributed by atoms with van der Waals surface area (Å²) in [6.45, 7) is 17.0. The number of amides is 1. The number of allylic oxidation sites excluding steroid dienone is 2. The summed E-state index contributed by atoms with van der Waals surface area (Å²) in [5.41, 5.74) is 1.34. The van der Waals surface area contributed by atoms with Crippen molar-refractivity contribution in [2.45, 2.75) is 169 Å². The van der Waals surface area contributed by atoms with Crippen molar-refractivity contribution in [3.05, 3.63) is 23.3 Å². The standard InChI is InChI=1S/C43H69NO10/c1-10-32-21-25(4)37(48)24(3)17-26(5)38-27(6)18-29(8)43(52,54-38)40(49)41(50)44-16-12-11-13-33(44)42(51)53-39(30(9)35(46)22-36(32)47)28(7)20-31-14-15-34(45)23(2)19-31/h20-21,23-24,26-27,29-35,37-39,45-46,48,52H,10-19,22H2,1-9H3/b25-21+,28-20+/t23-,24-,26+,27+,29-,30-,31-,32-,33+,34-,35+,37+,38-,39-,43-/m1/s1. The topological polar surface area (TPSA) is 171 Å². The average Bonchev–Trinajstić information content (AvgIpc) is 3.13. The average molecular weight is 760 g/mol. The summed E-state index contributed by atoms with van der Waals surface area (Å²) in [5.74, 6) is -7.65. The molecule has 4 N–H and O–H groups in total. The molecule has 0 aromatic heterocycles. The van der Waals surface area contributed by atoms with E-state index in [0.29, 0.717) is 49.7 Å². The summed E-state index contributed by atoms with van der Waals surface area (Å²) in [7, 11) is 0. The van der Waals surface area contributed by atoms with Gasteiger partial charge >= 0.3 is 5.97 Å². The van der Waals surface area contributed by atoms with Gasteiger partial charge < -0.3 is 34.8 Å². The molecule has 0 unspecified atom stereocenters. The Morgan fingerprint density at radius 1 is 0.889 bits per heavy atom. The summed E-state index contributed by atoms with van der Waals surface area (Å²) < 4.78 is 12.5. The van der Waals surface area contributed by atoms with Crippen molar-refractivity contribution in [3.8, 4) is 0 Å². The third kappa shape index (κ3) is 9.92. The Hall–Kier alpha value is -2.44. The minimum atomic E-state index is -2.40. The SMILES string of the molecule is CC[C@@H]1/C=C(\C)[C@@H](O)[C@H](C)C[C@H](C)[C@H]2O[C@@](O)(C(=O)C(=O)N3CCCC[C@H]3C(=O)O[C@H](/C(C)=C/[C@@H]3CC[C@@H](O)[C@H](C)C3)[C@H](C)[C@@H](O)CC1=O)[C@H](C)C[C@@H]2C. The molecule has 11 heteroatoms. The highest BCUT2D eigenvalue weighted by molar-refractivity contribution is 6.39. The number of rotatable bonds is 3. The first-order chi connectivity index (χ1) is 25.3. The molecule has 2 bridgehead atoms. The van der Waals surface area contributed by atoms with Gasteiger partial charge in [-0.15, -0.1) is 0 Å². The molecule has 1 saturated carbocycles. The Morgan fingerprint density at radius 3 is 2.20 bits per heavy atom. The summed E-state index contributed by atoms with van der Waals surface area (Å²) in [5, 5.41) is 45.3. The fourth-order valence-corrected chi connectivity index (χ4v) is 9.71. The fourth-order valence-electron chi connectivity index (χ4n) is 9.71. The molecule has 15 atom stereocenters. The molecule has 3 aliphatic heterocycles. The maximum absolute atomic E-state index is 14.2. The van der Waals surface area contributed by atoms with Gasteiger partial charge in [-0.25, -0.2) is 4.79 Å². The van der Waals surface area contributed by atoms with E-state index >= 15 is 0 Å². The Labute approximate surface area is 322 Å². The monoisotopic (exact) mass is 759 g/mol. The number of Topliss-reactive ketones (excluding diaryl/α,β-unsaturated/α-hetero) is 2. The van der Waals surface area contributed by atoms with Crippen LogP contribution in [0.3, 0.4) is 0 Å². The van der Waals surface area contributed by atoms with Crippen LogP contribution in [-0.2, 0) is 28.7 Å². The predicted octanol–water partition coefficient (Wildman–Crippen LogP) is 5.31. The van der Waals surface area contributed by atoms with E-state index < -0.39 is 71.7 Å². The van der Waals surface area contributed by atoms with E-state index in [9.17, 15) is 39.6 Å². The molecular formula is C43H69NO10. The van der Waals surface area contributed by atoms with Gasteiger partial charge in [-0.3, -0.25) is 14.4 Å². The number of piperidine rings is 1. The number of esters is 1. The Kier molecular flexibility index (Phi) is 15.3. The molecule has 11 nitrogen and oxygen atoms in total. The summed E-state index contributed by atoms with van der Waals surface area (Å²) in [4.78, 5) is 57.4. The Balaban J connectivity index is 1.76. The van der Waals surface area contributed by atoms with Crippen LogP contribution in [0.5, 0.6) is 0 Å². The van der Waals surface area contributed by atoms with Crippen LogP contribution >= 0.6 is 0 Å². The van der Waals surface area contributed by atoms with Gasteiger partial charge in [0.2, 0.25) is 5.79 Å². The Morgan fingerprint density at radius 2 is 1.56 bits per heavy atom. The quantitative estimate of drug-likeness (QED) is 0.168. The van der Waals surface area contributed by atoms with Crippen molar-refractivity contribution in [2.24, 2.45) is 47.3 Å². The number of hydrogen-bond acceptors (Lipinski definition) is 10. The maximum Gasteiger partial charge on any atom is 0.329 e. The molecule has 1 aliphatic carbocycles. The predicted molar refractivity (Wildman–Crippen MR) is 205 cm³/mol. The number of nitrogens with zero attached hydrogens (tertiary/aromatic N) is 1. The van der Waals surface area contributed by atoms with Crippen LogP contribution in [0, 0.1) is 47.3 Å². The molecule has 306 valence electrons. The second-order valence-electron chi connectivity index (χ2n) is 17.8. The zero-order valence-electron chi connectivity index (χ0n) is 34.2. The highest BCUT2D eigenvalue weighted by atomic mass is 16.6. The van der Waals surface area contributed by atoms with Gasteiger partial charge in [0.15, 0.2) is 0 Å². The number of carbonyl (C=O) groups is 4.